The lowest BCUT2D eigenvalue weighted by atomic mass is 9.96. The molecule has 0 aromatic heterocycles. The Kier molecular flexibility index (Phi) is 7.70. The molecular formula is C31H34N2O3. The Bertz CT molecular complexity index is 1200. The van der Waals surface area contributed by atoms with Crippen LogP contribution < -0.4 is 14.2 Å². The summed E-state index contributed by atoms with van der Waals surface area (Å²) in [6.45, 7) is 5.65. The van der Waals surface area contributed by atoms with E-state index in [1.54, 1.807) is 14.2 Å². The van der Waals surface area contributed by atoms with Crippen LogP contribution in [0.4, 0.5) is 0 Å². The van der Waals surface area contributed by atoms with E-state index in [4.69, 9.17) is 14.2 Å². The molecule has 1 aliphatic heterocycles. The second-order valence-corrected chi connectivity index (χ2v) is 9.18. The van der Waals surface area contributed by atoms with Crippen molar-refractivity contribution in [1.82, 2.24) is 9.80 Å². The predicted octanol–water partition coefficient (Wildman–Crippen LogP) is 5.64. The number of hydrogen-bond acceptors (Lipinski definition) is 5. The van der Waals surface area contributed by atoms with Crippen LogP contribution in [0.1, 0.15) is 17.2 Å². The van der Waals surface area contributed by atoms with Crippen LogP contribution in [0.5, 0.6) is 17.2 Å². The average Bonchev–Trinajstić information content (AvgIpc) is 2.95. The number of benzene rings is 4. The molecule has 1 aliphatic rings. The molecule has 4 aromatic rings. The molecule has 0 bridgehead atoms. The molecule has 1 fully saturated rings. The standard InChI is InChI=1S/C31H34N2O3/c1-34-28-12-8-25(9-13-28)31(26-10-14-29(35-2)15-11-26)33-19-17-32(18-20-33)21-22-36-30-16-7-24-5-3-4-6-27(24)23-30/h3-16,23,31H,17-22H2,1-2H3. The van der Waals surface area contributed by atoms with Gasteiger partial charge in [-0.15, -0.1) is 0 Å². The zero-order valence-corrected chi connectivity index (χ0v) is 21.1. The van der Waals surface area contributed by atoms with E-state index in [-0.39, 0.29) is 6.04 Å². The molecule has 0 N–H and O–H groups in total. The highest BCUT2D eigenvalue weighted by molar-refractivity contribution is 5.83. The SMILES string of the molecule is COc1ccc(C(c2ccc(OC)cc2)N2CCN(CCOc3ccc4ccccc4c3)CC2)cc1. The van der Waals surface area contributed by atoms with Gasteiger partial charge in [-0.1, -0.05) is 54.6 Å². The van der Waals surface area contributed by atoms with Crippen LogP contribution in [-0.2, 0) is 0 Å². The molecule has 5 rings (SSSR count). The summed E-state index contributed by atoms with van der Waals surface area (Å²) in [5, 5.41) is 2.45. The fourth-order valence-corrected chi connectivity index (χ4v) is 4.98. The van der Waals surface area contributed by atoms with Gasteiger partial charge in [-0.2, -0.15) is 0 Å². The summed E-state index contributed by atoms with van der Waals surface area (Å²) in [6, 6.07) is 31.8. The number of ether oxygens (including phenoxy) is 3. The van der Waals surface area contributed by atoms with Crippen molar-refractivity contribution in [2.75, 3.05) is 53.6 Å². The number of piperazine rings is 1. The van der Waals surface area contributed by atoms with Gasteiger partial charge in [0.1, 0.15) is 23.9 Å². The van der Waals surface area contributed by atoms with E-state index < -0.39 is 0 Å². The van der Waals surface area contributed by atoms with Crippen molar-refractivity contribution in [3.05, 3.63) is 102 Å². The number of hydrogen-bond donors (Lipinski definition) is 0. The molecule has 0 atom stereocenters. The van der Waals surface area contributed by atoms with Crippen LogP contribution in [0.25, 0.3) is 10.8 Å². The Morgan fingerprint density at radius 1 is 0.639 bits per heavy atom. The fourth-order valence-electron chi connectivity index (χ4n) is 4.98. The van der Waals surface area contributed by atoms with Crippen LogP contribution in [0, 0.1) is 0 Å². The second kappa shape index (κ2) is 11.5. The lowest BCUT2D eigenvalue weighted by Crippen LogP contribution is -2.48. The van der Waals surface area contributed by atoms with Crippen molar-refractivity contribution < 1.29 is 14.2 Å². The molecule has 36 heavy (non-hydrogen) atoms. The minimum atomic E-state index is 0.192. The van der Waals surface area contributed by atoms with Gasteiger partial charge in [-0.3, -0.25) is 9.80 Å². The summed E-state index contributed by atoms with van der Waals surface area (Å²) < 4.78 is 16.9. The van der Waals surface area contributed by atoms with Crippen molar-refractivity contribution in [2.24, 2.45) is 0 Å². The maximum absolute atomic E-state index is 6.09. The molecule has 5 nitrogen and oxygen atoms in total. The Balaban J connectivity index is 1.21. The highest BCUT2D eigenvalue weighted by Crippen LogP contribution is 2.32. The lowest BCUT2D eigenvalue weighted by Gasteiger charge is -2.39. The summed E-state index contributed by atoms with van der Waals surface area (Å²) in [7, 11) is 3.41. The number of nitrogens with zero attached hydrogens (tertiary/aromatic N) is 2. The van der Waals surface area contributed by atoms with Crippen LogP contribution in [-0.4, -0.2) is 63.4 Å². The Hall–Kier alpha value is -3.54. The van der Waals surface area contributed by atoms with Gasteiger partial charge in [0.05, 0.1) is 20.3 Å². The van der Waals surface area contributed by atoms with Gasteiger partial charge in [-0.05, 0) is 58.3 Å². The van der Waals surface area contributed by atoms with Gasteiger partial charge in [0, 0.05) is 32.7 Å². The topological polar surface area (TPSA) is 34.2 Å². The Morgan fingerprint density at radius 3 is 1.78 bits per heavy atom. The van der Waals surface area contributed by atoms with Gasteiger partial charge in [0.25, 0.3) is 0 Å². The minimum Gasteiger partial charge on any atom is -0.497 e. The third kappa shape index (κ3) is 5.64. The van der Waals surface area contributed by atoms with Crippen LogP contribution in [0.3, 0.4) is 0 Å². The highest BCUT2D eigenvalue weighted by Gasteiger charge is 2.26. The molecule has 5 heteroatoms. The average molecular weight is 483 g/mol. The summed E-state index contributed by atoms with van der Waals surface area (Å²) in [6.07, 6.45) is 0. The molecule has 0 spiro atoms. The highest BCUT2D eigenvalue weighted by atomic mass is 16.5. The molecule has 4 aromatic carbocycles. The number of fused-ring (bicyclic) bond motifs is 1. The first-order chi connectivity index (χ1) is 17.7. The van der Waals surface area contributed by atoms with E-state index in [0.717, 1.165) is 50.0 Å². The van der Waals surface area contributed by atoms with E-state index in [1.807, 2.05) is 24.3 Å². The van der Waals surface area contributed by atoms with E-state index in [2.05, 4.69) is 76.5 Å². The van der Waals surface area contributed by atoms with Crippen LogP contribution in [0.15, 0.2) is 91.0 Å². The van der Waals surface area contributed by atoms with Crippen molar-refractivity contribution in [3.63, 3.8) is 0 Å². The molecule has 1 heterocycles. The molecule has 0 aliphatic carbocycles. The molecule has 1 saturated heterocycles. The zero-order valence-electron chi connectivity index (χ0n) is 21.1. The number of rotatable bonds is 9. The van der Waals surface area contributed by atoms with Crippen molar-refractivity contribution in [3.8, 4) is 17.2 Å². The maximum Gasteiger partial charge on any atom is 0.120 e. The molecule has 0 amide bonds. The smallest absolute Gasteiger partial charge is 0.120 e. The summed E-state index contributed by atoms with van der Waals surface area (Å²) >= 11 is 0. The Morgan fingerprint density at radius 2 is 1.19 bits per heavy atom. The van der Waals surface area contributed by atoms with E-state index in [0.29, 0.717) is 6.61 Å². The largest absolute Gasteiger partial charge is 0.497 e. The van der Waals surface area contributed by atoms with Crippen LogP contribution in [0.2, 0.25) is 0 Å². The summed E-state index contributed by atoms with van der Waals surface area (Å²) in [5.41, 5.74) is 2.54. The predicted molar refractivity (Wildman–Crippen MR) is 145 cm³/mol. The van der Waals surface area contributed by atoms with Gasteiger partial charge in [0.15, 0.2) is 0 Å². The minimum absolute atomic E-state index is 0.192. The molecule has 186 valence electrons. The fraction of sp³-hybridized carbons (Fsp3) is 0.290. The van der Waals surface area contributed by atoms with E-state index in [9.17, 15) is 0 Å². The van der Waals surface area contributed by atoms with Gasteiger partial charge >= 0.3 is 0 Å². The monoisotopic (exact) mass is 482 g/mol. The third-order valence-electron chi connectivity index (χ3n) is 7.03. The number of methoxy groups -OCH3 is 2. The molecule has 0 unspecified atom stereocenters. The van der Waals surface area contributed by atoms with Gasteiger partial charge < -0.3 is 14.2 Å². The molecular weight excluding hydrogens is 448 g/mol. The van der Waals surface area contributed by atoms with Crippen molar-refractivity contribution >= 4 is 10.8 Å². The normalized spacial score (nSPS) is 14.8. The van der Waals surface area contributed by atoms with Crippen molar-refractivity contribution in [2.45, 2.75) is 6.04 Å². The lowest BCUT2D eigenvalue weighted by molar-refractivity contribution is 0.0977. The van der Waals surface area contributed by atoms with Crippen molar-refractivity contribution in [1.29, 1.82) is 0 Å². The van der Waals surface area contributed by atoms with Gasteiger partial charge in [-0.25, -0.2) is 0 Å². The maximum atomic E-state index is 6.09. The summed E-state index contributed by atoms with van der Waals surface area (Å²) in [5.74, 6) is 2.69. The first-order valence-corrected chi connectivity index (χ1v) is 12.6. The third-order valence-corrected chi connectivity index (χ3v) is 7.03. The van der Waals surface area contributed by atoms with E-state index >= 15 is 0 Å². The first-order valence-electron chi connectivity index (χ1n) is 12.6. The van der Waals surface area contributed by atoms with Crippen LogP contribution >= 0.6 is 0 Å². The molecule has 0 saturated carbocycles. The summed E-state index contributed by atoms with van der Waals surface area (Å²) in [4.78, 5) is 5.07. The second-order valence-electron chi connectivity index (χ2n) is 9.18. The van der Waals surface area contributed by atoms with E-state index in [1.165, 1.54) is 21.9 Å². The quantitative estimate of drug-likeness (QED) is 0.308. The zero-order chi connectivity index (χ0) is 24.7. The molecule has 0 radical (unpaired) electrons. The first kappa shape index (κ1) is 24.2. The van der Waals surface area contributed by atoms with Gasteiger partial charge in [0.2, 0.25) is 0 Å². The Labute approximate surface area is 213 Å².